The van der Waals surface area contributed by atoms with Gasteiger partial charge in [0.1, 0.15) is 0 Å². The normalized spacial score (nSPS) is 21.1. The van der Waals surface area contributed by atoms with Crippen molar-refractivity contribution in [2.24, 2.45) is 16.6 Å². The molecule has 4 rings (SSSR count). The summed E-state index contributed by atoms with van der Waals surface area (Å²) < 4.78 is 28.4. The maximum atomic E-state index is 14.2. The van der Waals surface area contributed by atoms with Gasteiger partial charge in [-0.3, -0.25) is 9.79 Å². The monoisotopic (exact) mass is 452 g/mol. The molecule has 2 aromatic rings. The second-order valence-corrected chi connectivity index (χ2v) is 9.01. The first-order valence-electron chi connectivity index (χ1n) is 11.3. The fourth-order valence-electron chi connectivity index (χ4n) is 4.97. The van der Waals surface area contributed by atoms with Crippen LogP contribution in [0.4, 0.5) is 25.8 Å². The van der Waals surface area contributed by atoms with Gasteiger partial charge in [-0.2, -0.15) is 0 Å². The number of carbonyl (C=O) groups is 1. The molecule has 0 aromatic heterocycles. The van der Waals surface area contributed by atoms with Crippen LogP contribution in [0.5, 0.6) is 0 Å². The van der Waals surface area contributed by atoms with E-state index in [1.807, 2.05) is 24.3 Å². The van der Waals surface area contributed by atoms with Crippen LogP contribution in [0, 0.1) is 5.92 Å². The lowest BCUT2D eigenvalue weighted by Gasteiger charge is -2.37. The summed E-state index contributed by atoms with van der Waals surface area (Å²) in [7, 11) is 1.59. The van der Waals surface area contributed by atoms with Gasteiger partial charge < -0.3 is 16.0 Å². The van der Waals surface area contributed by atoms with Gasteiger partial charge in [0.2, 0.25) is 5.91 Å². The summed E-state index contributed by atoms with van der Waals surface area (Å²) in [5.74, 6) is 0.412. The Labute approximate surface area is 193 Å². The van der Waals surface area contributed by atoms with Crippen molar-refractivity contribution in [3.8, 4) is 0 Å². The molecule has 0 radical (unpaired) electrons. The first-order valence-corrected chi connectivity index (χ1v) is 11.3. The van der Waals surface area contributed by atoms with E-state index in [1.165, 1.54) is 12.4 Å². The predicted molar refractivity (Wildman–Crippen MR) is 131 cm³/mol. The fraction of sp³-hybridized carbons (Fsp3) is 0.385. The van der Waals surface area contributed by atoms with Gasteiger partial charge in [-0.25, -0.2) is 8.78 Å². The molecule has 0 saturated carbocycles. The molecule has 0 saturated heterocycles. The molecular formula is C26H30F2N4O. The van der Waals surface area contributed by atoms with E-state index in [1.54, 1.807) is 13.1 Å². The topological polar surface area (TPSA) is 70.7 Å². The number of alkyl halides is 2. The van der Waals surface area contributed by atoms with Gasteiger partial charge in [0.25, 0.3) is 6.43 Å². The van der Waals surface area contributed by atoms with E-state index in [9.17, 15) is 13.6 Å². The van der Waals surface area contributed by atoms with Gasteiger partial charge in [0.15, 0.2) is 0 Å². The Morgan fingerprint density at radius 3 is 2.73 bits per heavy atom. The number of anilines is 3. The Bertz CT molecular complexity index is 1130. The summed E-state index contributed by atoms with van der Waals surface area (Å²) in [4.78, 5) is 18.4. The highest BCUT2D eigenvalue weighted by molar-refractivity contribution is 6.10. The van der Waals surface area contributed by atoms with Gasteiger partial charge in [-0.05, 0) is 65.6 Å². The molecule has 33 heavy (non-hydrogen) atoms. The highest BCUT2D eigenvalue weighted by Crippen LogP contribution is 2.46. The van der Waals surface area contributed by atoms with E-state index in [-0.39, 0.29) is 23.3 Å². The zero-order valence-corrected chi connectivity index (χ0v) is 19.2. The van der Waals surface area contributed by atoms with Crippen molar-refractivity contribution in [3.63, 3.8) is 0 Å². The quantitative estimate of drug-likeness (QED) is 0.577. The van der Waals surface area contributed by atoms with E-state index in [2.05, 4.69) is 29.1 Å². The Hall–Kier alpha value is -3.22. The summed E-state index contributed by atoms with van der Waals surface area (Å²) >= 11 is 0. The number of nitrogens with zero attached hydrogens (tertiary/aromatic N) is 2. The van der Waals surface area contributed by atoms with Crippen molar-refractivity contribution in [1.82, 2.24) is 0 Å². The number of carbonyl (C=O) groups excluding carboxylic acids is 1. The molecule has 1 amide bonds. The number of hydrogen-bond donors (Lipinski definition) is 2. The van der Waals surface area contributed by atoms with Crippen LogP contribution in [-0.2, 0) is 11.2 Å². The third-order valence-electron chi connectivity index (χ3n) is 6.60. The molecule has 0 aliphatic carbocycles. The molecule has 5 nitrogen and oxygen atoms in total. The molecule has 174 valence electrons. The van der Waals surface area contributed by atoms with Crippen LogP contribution in [0.2, 0.25) is 0 Å². The lowest BCUT2D eigenvalue weighted by molar-refractivity contribution is -0.116. The molecule has 3 N–H and O–H groups in total. The Balaban J connectivity index is 1.90. The van der Waals surface area contributed by atoms with Crippen LogP contribution in [0.1, 0.15) is 61.3 Å². The third-order valence-corrected chi connectivity index (χ3v) is 6.60. The molecule has 2 atom stereocenters. The number of rotatable bonds is 4. The van der Waals surface area contributed by atoms with E-state index in [4.69, 9.17) is 5.73 Å². The SMILES string of the molecule is CN=CC(=CN)c1cc2c(cc1C(F)F)N(c1cccc3c1C[C@H](C)CC(=O)N3)CC[C@@H]2C. The summed E-state index contributed by atoms with van der Waals surface area (Å²) in [6.45, 7) is 4.90. The van der Waals surface area contributed by atoms with E-state index in [0.29, 0.717) is 24.1 Å². The minimum atomic E-state index is -2.66. The van der Waals surface area contributed by atoms with Gasteiger partial charge in [0, 0.05) is 60.6 Å². The van der Waals surface area contributed by atoms with E-state index in [0.717, 1.165) is 41.0 Å². The number of allylic oxidation sites excluding steroid dienone is 1. The number of amides is 1. The van der Waals surface area contributed by atoms with Gasteiger partial charge >= 0.3 is 0 Å². The number of hydrogen-bond acceptors (Lipinski definition) is 4. The average Bonchev–Trinajstić information content (AvgIpc) is 2.93. The first kappa shape index (κ1) is 23.0. The molecule has 2 heterocycles. The zero-order valence-electron chi connectivity index (χ0n) is 19.2. The van der Waals surface area contributed by atoms with Gasteiger partial charge in [0.05, 0.1) is 0 Å². The molecule has 0 fully saturated rings. The van der Waals surface area contributed by atoms with E-state index < -0.39 is 6.43 Å². The maximum absolute atomic E-state index is 14.2. The van der Waals surface area contributed by atoms with Crippen molar-refractivity contribution >= 4 is 34.8 Å². The Morgan fingerprint density at radius 1 is 1.24 bits per heavy atom. The van der Waals surface area contributed by atoms with Crippen LogP contribution in [0.3, 0.4) is 0 Å². The van der Waals surface area contributed by atoms with Crippen LogP contribution in [0.25, 0.3) is 5.57 Å². The Morgan fingerprint density at radius 2 is 2.03 bits per heavy atom. The second-order valence-electron chi connectivity index (χ2n) is 9.01. The predicted octanol–water partition coefficient (Wildman–Crippen LogP) is 5.79. The van der Waals surface area contributed by atoms with Gasteiger partial charge in [-0.1, -0.05) is 19.9 Å². The lowest BCUT2D eigenvalue weighted by atomic mass is 9.86. The third kappa shape index (κ3) is 4.36. The van der Waals surface area contributed by atoms with Crippen molar-refractivity contribution in [2.45, 2.75) is 45.5 Å². The number of benzene rings is 2. The van der Waals surface area contributed by atoms with Crippen molar-refractivity contribution in [3.05, 3.63) is 58.8 Å². The number of halogens is 2. The summed E-state index contributed by atoms with van der Waals surface area (Å²) in [5, 5.41) is 3.02. The minimum absolute atomic E-state index is 0.00869. The maximum Gasteiger partial charge on any atom is 0.264 e. The van der Waals surface area contributed by atoms with Gasteiger partial charge in [-0.15, -0.1) is 0 Å². The second kappa shape index (κ2) is 9.33. The molecule has 0 spiro atoms. The van der Waals surface area contributed by atoms with Crippen LogP contribution >= 0.6 is 0 Å². The molecule has 0 unspecified atom stereocenters. The highest BCUT2D eigenvalue weighted by atomic mass is 19.3. The van der Waals surface area contributed by atoms with Crippen molar-refractivity contribution in [1.29, 1.82) is 0 Å². The number of nitrogens with one attached hydrogen (secondary N) is 1. The molecule has 0 bridgehead atoms. The molecule has 2 aromatic carbocycles. The van der Waals surface area contributed by atoms with Crippen molar-refractivity contribution < 1.29 is 13.6 Å². The first-order chi connectivity index (χ1) is 15.8. The summed E-state index contributed by atoms with van der Waals surface area (Å²) in [6, 6.07) is 9.31. The van der Waals surface area contributed by atoms with Crippen LogP contribution in [0.15, 0.2) is 41.5 Å². The highest BCUT2D eigenvalue weighted by Gasteiger charge is 2.30. The zero-order chi connectivity index (χ0) is 23.7. The lowest BCUT2D eigenvalue weighted by Crippen LogP contribution is -2.28. The molecule has 2 aliphatic heterocycles. The average molecular weight is 453 g/mol. The van der Waals surface area contributed by atoms with Crippen molar-refractivity contribution in [2.75, 3.05) is 23.8 Å². The molecule has 7 heteroatoms. The fourth-order valence-corrected chi connectivity index (χ4v) is 4.97. The standard InChI is InChI=1S/C26H30F2N4O/c1-15-9-21-22(31-25(33)10-15)5-4-6-23(21)32-8-7-16(2)18-11-19(17(13-29)14-30-3)20(26(27)28)12-24(18)32/h4-6,11-16,26H,7-10,29H2,1-3H3,(H,31,33)/t15-,16-/m0/s1. The largest absolute Gasteiger partial charge is 0.404 e. The molecule has 2 aliphatic rings. The van der Waals surface area contributed by atoms with Crippen LogP contribution < -0.4 is 16.0 Å². The van der Waals surface area contributed by atoms with Crippen LogP contribution in [-0.4, -0.2) is 25.7 Å². The number of nitrogens with two attached hydrogens (primary N) is 1. The molecular weight excluding hydrogens is 422 g/mol. The van der Waals surface area contributed by atoms with E-state index >= 15 is 0 Å². The minimum Gasteiger partial charge on any atom is -0.404 e. The summed E-state index contributed by atoms with van der Waals surface area (Å²) in [6.07, 6.45) is 2.28. The number of aliphatic imine (C=N–C) groups is 1. The smallest absolute Gasteiger partial charge is 0.264 e. The number of fused-ring (bicyclic) bond motifs is 2. The summed E-state index contributed by atoms with van der Waals surface area (Å²) in [5.41, 5.74) is 11.2. The Kier molecular flexibility index (Phi) is 6.49.